The molecule has 6 rings (SSSR count). The Balaban J connectivity index is 1.11. The fraction of sp³-hybridized carbons (Fsp3) is 0.500. The fourth-order valence-corrected chi connectivity index (χ4v) is 6.52. The minimum Gasteiger partial charge on any atom is -0.368 e. The van der Waals surface area contributed by atoms with Crippen LogP contribution in [0.5, 0.6) is 0 Å². The van der Waals surface area contributed by atoms with Gasteiger partial charge in [-0.05, 0) is 62.6 Å². The highest BCUT2D eigenvalue weighted by Crippen LogP contribution is 2.32. The van der Waals surface area contributed by atoms with Crippen molar-refractivity contribution in [2.75, 3.05) is 62.2 Å². The van der Waals surface area contributed by atoms with Crippen LogP contribution in [0.2, 0.25) is 0 Å². The third-order valence-electron chi connectivity index (χ3n) is 8.61. The van der Waals surface area contributed by atoms with E-state index in [9.17, 15) is 5.26 Å². The minimum absolute atomic E-state index is 0.121. The first-order valence-corrected chi connectivity index (χ1v) is 13.8. The standard InChI is InChI=1S/C30H38N8/c1-22-18-37(27-7-6-24(16-31)29-26(27)4-3-11-33-29)20-25-19-35(14-15-38(22)25)12-9-23-5-8-28(34-17-23)36-13-10-30(2,32)21-36/h3-8,11,17,22,25H,9-10,12-15,18-21,32H2,1-2H3/t22-,25+,30-/m1/s1/i11D. The van der Waals surface area contributed by atoms with E-state index in [0.29, 0.717) is 23.2 Å². The van der Waals surface area contributed by atoms with Crippen LogP contribution in [0, 0.1) is 11.3 Å². The van der Waals surface area contributed by atoms with Crippen LogP contribution < -0.4 is 15.5 Å². The Morgan fingerprint density at radius 3 is 2.76 bits per heavy atom. The van der Waals surface area contributed by atoms with Gasteiger partial charge in [0.2, 0.25) is 0 Å². The first-order chi connectivity index (χ1) is 18.8. The smallest absolute Gasteiger partial charge is 0.128 e. The molecule has 3 fully saturated rings. The zero-order valence-electron chi connectivity index (χ0n) is 23.5. The number of hydrogen-bond acceptors (Lipinski definition) is 8. The van der Waals surface area contributed by atoms with Crippen molar-refractivity contribution < 1.29 is 1.37 Å². The Bertz CT molecular complexity index is 1380. The second-order valence-corrected chi connectivity index (χ2v) is 11.6. The van der Waals surface area contributed by atoms with Gasteiger partial charge in [-0.3, -0.25) is 9.88 Å². The number of nitriles is 1. The molecular weight excluding hydrogens is 472 g/mol. The normalized spacial score (nSPS) is 26.8. The van der Waals surface area contributed by atoms with Gasteiger partial charge in [-0.15, -0.1) is 0 Å². The van der Waals surface area contributed by atoms with Crippen LogP contribution in [0.25, 0.3) is 10.9 Å². The molecule has 2 aromatic heterocycles. The maximum atomic E-state index is 9.58. The van der Waals surface area contributed by atoms with Gasteiger partial charge in [0.05, 0.1) is 12.5 Å². The van der Waals surface area contributed by atoms with Crippen molar-refractivity contribution in [3.8, 4) is 6.07 Å². The van der Waals surface area contributed by atoms with Crippen molar-refractivity contribution >= 4 is 22.4 Å². The Morgan fingerprint density at radius 1 is 1.11 bits per heavy atom. The number of fused-ring (bicyclic) bond motifs is 2. The summed E-state index contributed by atoms with van der Waals surface area (Å²) in [4.78, 5) is 19.1. The van der Waals surface area contributed by atoms with Gasteiger partial charge in [0, 0.05) is 93.4 Å². The highest BCUT2D eigenvalue weighted by Gasteiger charge is 2.36. The summed E-state index contributed by atoms with van der Waals surface area (Å²) in [7, 11) is 0. The van der Waals surface area contributed by atoms with E-state index in [-0.39, 0.29) is 11.7 Å². The minimum atomic E-state index is -0.121. The summed E-state index contributed by atoms with van der Waals surface area (Å²) in [6.45, 7) is 12.4. The first-order valence-electron chi connectivity index (χ1n) is 14.3. The lowest BCUT2D eigenvalue weighted by molar-refractivity contribution is 0.0356. The second kappa shape index (κ2) is 10.1. The number of aromatic nitrogens is 2. The number of benzene rings is 1. The summed E-state index contributed by atoms with van der Waals surface area (Å²) in [5.41, 5.74) is 9.72. The third-order valence-corrected chi connectivity index (χ3v) is 8.61. The maximum Gasteiger partial charge on any atom is 0.128 e. The van der Waals surface area contributed by atoms with Crippen LogP contribution in [-0.4, -0.2) is 89.7 Å². The van der Waals surface area contributed by atoms with E-state index in [1.807, 2.05) is 18.3 Å². The van der Waals surface area contributed by atoms with Crippen LogP contribution in [0.4, 0.5) is 11.5 Å². The predicted octanol–water partition coefficient (Wildman–Crippen LogP) is 2.87. The molecule has 0 aliphatic carbocycles. The van der Waals surface area contributed by atoms with Gasteiger partial charge in [0.1, 0.15) is 11.9 Å². The zero-order chi connectivity index (χ0) is 27.1. The molecule has 2 N–H and O–H groups in total. The number of nitrogens with two attached hydrogens (primary N) is 1. The largest absolute Gasteiger partial charge is 0.368 e. The zero-order valence-corrected chi connectivity index (χ0v) is 22.5. The lowest BCUT2D eigenvalue weighted by Gasteiger charge is -2.51. The van der Waals surface area contributed by atoms with E-state index < -0.39 is 0 Å². The summed E-state index contributed by atoms with van der Waals surface area (Å²) in [6.07, 6.45) is 4.23. The Morgan fingerprint density at radius 2 is 2.00 bits per heavy atom. The van der Waals surface area contributed by atoms with Crippen molar-refractivity contribution in [1.29, 1.82) is 5.26 Å². The highest BCUT2D eigenvalue weighted by atomic mass is 15.4. The molecule has 0 bridgehead atoms. The first kappa shape index (κ1) is 23.8. The van der Waals surface area contributed by atoms with Gasteiger partial charge in [-0.1, -0.05) is 6.07 Å². The number of hydrogen-bond donors (Lipinski definition) is 1. The molecule has 3 saturated heterocycles. The molecule has 3 aliphatic rings. The molecule has 0 unspecified atom stereocenters. The van der Waals surface area contributed by atoms with E-state index in [4.69, 9.17) is 12.1 Å². The summed E-state index contributed by atoms with van der Waals surface area (Å²) >= 11 is 0. The summed E-state index contributed by atoms with van der Waals surface area (Å²) in [5, 5.41) is 10.5. The predicted molar refractivity (Wildman–Crippen MR) is 152 cm³/mol. The van der Waals surface area contributed by atoms with E-state index in [1.54, 1.807) is 6.07 Å². The molecule has 1 aromatic carbocycles. The molecule has 0 radical (unpaired) electrons. The topological polar surface area (TPSA) is 88.5 Å². The van der Waals surface area contributed by atoms with Crippen LogP contribution in [0.15, 0.2) is 48.8 Å². The van der Waals surface area contributed by atoms with Gasteiger partial charge in [0.25, 0.3) is 0 Å². The Kier molecular flexibility index (Phi) is 6.36. The van der Waals surface area contributed by atoms with Crippen LogP contribution >= 0.6 is 0 Å². The molecule has 3 aliphatic heterocycles. The average Bonchev–Trinajstić information content (AvgIpc) is 3.30. The molecule has 0 spiro atoms. The van der Waals surface area contributed by atoms with Crippen molar-refractivity contribution in [1.82, 2.24) is 19.8 Å². The highest BCUT2D eigenvalue weighted by molar-refractivity contribution is 5.95. The summed E-state index contributed by atoms with van der Waals surface area (Å²) < 4.78 is 7.95. The van der Waals surface area contributed by atoms with Gasteiger partial charge in [-0.25, -0.2) is 4.98 Å². The Labute approximate surface area is 227 Å². The van der Waals surface area contributed by atoms with Gasteiger partial charge in [0.15, 0.2) is 0 Å². The van der Waals surface area contributed by atoms with Gasteiger partial charge >= 0.3 is 0 Å². The molecule has 0 amide bonds. The summed E-state index contributed by atoms with van der Waals surface area (Å²) in [5.74, 6) is 1.03. The average molecular weight is 512 g/mol. The maximum absolute atomic E-state index is 9.58. The monoisotopic (exact) mass is 511 g/mol. The van der Waals surface area contributed by atoms with Crippen molar-refractivity contribution in [2.24, 2.45) is 5.73 Å². The molecule has 38 heavy (non-hydrogen) atoms. The number of anilines is 2. The van der Waals surface area contributed by atoms with Crippen molar-refractivity contribution in [3.05, 3.63) is 59.9 Å². The van der Waals surface area contributed by atoms with Gasteiger partial charge < -0.3 is 20.4 Å². The van der Waals surface area contributed by atoms with E-state index in [0.717, 1.165) is 82.1 Å². The lowest BCUT2D eigenvalue weighted by atomic mass is 10.0. The van der Waals surface area contributed by atoms with Crippen LogP contribution in [0.1, 0.15) is 32.8 Å². The number of rotatable bonds is 5. The van der Waals surface area contributed by atoms with E-state index in [2.05, 4.69) is 62.7 Å². The number of nitrogens with zero attached hydrogens (tertiary/aromatic N) is 7. The molecule has 8 heteroatoms. The number of pyridine rings is 2. The molecule has 5 heterocycles. The molecule has 0 saturated carbocycles. The van der Waals surface area contributed by atoms with E-state index >= 15 is 0 Å². The SMILES string of the molecule is [2H]c1ccc2c(N3C[C@@H]4CN(CCc5ccc(N6CC[C@@](C)(N)C6)nc5)CCN4[C@H](C)C3)ccc(C#N)c2n1. The number of piperazine rings is 2. The lowest BCUT2D eigenvalue weighted by Crippen LogP contribution is -2.65. The van der Waals surface area contributed by atoms with E-state index in [1.165, 1.54) is 5.56 Å². The van der Waals surface area contributed by atoms with Crippen LogP contribution in [-0.2, 0) is 6.42 Å². The fourth-order valence-electron chi connectivity index (χ4n) is 6.52. The van der Waals surface area contributed by atoms with Crippen molar-refractivity contribution in [3.63, 3.8) is 0 Å². The molecule has 8 nitrogen and oxygen atoms in total. The second-order valence-electron chi connectivity index (χ2n) is 11.6. The quantitative estimate of drug-likeness (QED) is 0.560. The van der Waals surface area contributed by atoms with Crippen LogP contribution in [0.3, 0.4) is 0 Å². The van der Waals surface area contributed by atoms with Crippen molar-refractivity contribution in [2.45, 2.75) is 44.3 Å². The summed E-state index contributed by atoms with van der Waals surface area (Å²) in [6, 6.07) is 15.1. The van der Waals surface area contributed by atoms with Gasteiger partial charge in [-0.2, -0.15) is 5.26 Å². The molecular formula is C30H38N8. The molecule has 3 atom stereocenters. The molecule has 3 aromatic rings. The molecule has 198 valence electrons. The third kappa shape index (κ3) is 4.94. The Hall–Kier alpha value is -3.25.